The fourth-order valence-corrected chi connectivity index (χ4v) is 4.20. The van der Waals surface area contributed by atoms with Gasteiger partial charge in [-0.15, -0.1) is 0 Å². The number of nitrogens with zero attached hydrogens (tertiary/aromatic N) is 2. The Hall–Kier alpha value is -4.41. The summed E-state index contributed by atoms with van der Waals surface area (Å²) in [6.07, 6.45) is 1.27. The molecule has 0 atom stereocenters. The van der Waals surface area contributed by atoms with E-state index in [9.17, 15) is 24.5 Å². The molecule has 1 aliphatic heterocycles. The van der Waals surface area contributed by atoms with Crippen molar-refractivity contribution in [2.75, 3.05) is 12.0 Å². The summed E-state index contributed by atoms with van der Waals surface area (Å²) in [5, 5.41) is 13.6. The Morgan fingerprint density at radius 3 is 2.50 bits per heavy atom. The molecule has 0 spiro atoms. The van der Waals surface area contributed by atoms with Crippen LogP contribution in [-0.4, -0.2) is 29.9 Å². The predicted molar refractivity (Wildman–Crippen MR) is 141 cm³/mol. The van der Waals surface area contributed by atoms with Crippen LogP contribution in [0.1, 0.15) is 16.7 Å². The van der Waals surface area contributed by atoms with Crippen LogP contribution in [0.5, 0.6) is 11.5 Å². The third-order valence-corrected chi connectivity index (χ3v) is 6.34. The number of imide groups is 2. The molecular formula is C26H19Cl2N3O7. The molecule has 4 rings (SSSR count). The zero-order chi connectivity index (χ0) is 27.6. The first-order valence-corrected chi connectivity index (χ1v) is 11.8. The summed E-state index contributed by atoms with van der Waals surface area (Å²) in [6, 6.07) is 12.7. The van der Waals surface area contributed by atoms with E-state index in [1.165, 1.54) is 43.5 Å². The summed E-state index contributed by atoms with van der Waals surface area (Å²) in [5.41, 5.74) is 1.19. The van der Waals surface area contributed by atoms with E-state index in [-0.39, 0.29) is 40.1 Å². The Morgan fingerprint density at radius 2 is 1.79 bits per heavy atom. The zero-order valence-corrected chi connectivity index (χ0v) is 21.5. The van der Waals surface area contributed by atoms with Gasteiger partial charge in [0.15, 0.2) is 11.5 Å². The summed E-state index contributed by atoms with van der Waals surface area (Å²) in [6.45, 7) is 1.62. The molecule has 1 N–H and O–H groups in total. The highest BCUT2D eigenvalue weighted by Crippen LogP contribution is 2.38. The van der Waals surface area contributed by atoms with Crippen molar-refractivity contribution >= 4 is 58.5 Å². The van der Waals surface area contributed by atoms with Crippen LogP contribution >= 0.6 is 23.2 Å². The number of ether oxygens (including phenoxy) is 2. The van der Waals surface area contributed by atoms with Gasteiger partial charge in [-0.3, -0.25) is 25.0 Å². The molecule has 0 unspecified atom stereocenters. The van der Waals surface area contributed by atoms with Gasteiger partial charge in [-0.05, 0) is 54.0 Å². The number of rotatable bonds is 7. The average Bonchev–Trinajstić information content (AvgIpc) is 2.88. The van der Waals surface area contributed by atoms with E-state index in [4.69, 9.17) is 32.7 Å². The summed E-state index contributed by atoms with van der Waals surface area (Å²) in [4.78, 5) is 49.7. The van der Waals surface area contributed by atoms with E-state index in [2.05, 4.69) is 5.32 Å². The lowest BCUT2D eigenvalue weighted by atomic mass is 10.1. The van der Waals surface area contributed by atoms with Gasteiger partial charge in [0.25, 0.3) is 17.5 Å². The number of nitro benzene ring substituents is 1. The highest BCUT2D eigenvalue weighted by molar-refractivity contribution is 6.40. The second-order valence-corrected chi connectivity index (χ2v) is 8.91. The van der Waals surface area contributed by atoms with Gasteiger partial charge in [-0.2, -0.15) is 0 Å². The number of nitro groups is 1. The Bertz CT molecular complexity index is 1520. The van der Waals surface area contributed by atoms with Gasteiger partial charge < -0.3 is 9.47 Å². The van der Waals surface area contributed by atoms with Crippen molar-refractivity contribution in [3.8, 4) is 11.5 Å². The van der Waals surface area contributed by atoms with Crippen LogP contribution in [0.25, 0.3) is 6.08 Å². The molecule has 38 heavy (non-hydrogen) atoms. The molecule has 1 fully saturated rings. The zero-order valence-electron chi connectivity index (χ0n) is 20.0. The van der Waals surface area contributed by atoms with Gasteiger partial charge in [-0.1, -0.05) is 41.4 Å². The molecule has 0 aromatic heterocycles. The Balaban J connectivity index is 1.65. The summed E-state index contributed by atoms with van der Waals surface area (Å²) >= 11 is 12.6. The standard InChI is InChI=1S/C26H19Cl2N3O7/c1-14-19(27)7-4-8-21(14)30-25(33)18(24(32)29-26(30)34)10-16-11-20(28)23(22(12-16)37-2)38-13-15-5-3-6-17(9-15)31(35)36/h3-12H,13H2,1-2H3,(H,29,32,34)/b18-10+. The predicted octanol–water partition coefficient (Wildman–Crippen LogP) is 5.46. The molecule has 12 heteroatoms. The molecule has 3 aromatic carbocycles. The minimum atomic E-state index is -0.900. The lowest BCUT2D eigenvalue weighted by Gasteiger charge is -2.27. The van der Waals surface area contributed by atoms with Crippen LogP contribution in [0.15, 0.2) is 60.2 Å². The van der Waals surface area contributed by atoms with Crippen molar-refractivity contribution in [1.82, 2.24) is 5.32 Å². The van der Waals surface area contributed by atoms with E-state index in [0.717, 1.165) is 4.90 Å². The average molecular weight is 556 g/mol. The Labute approximate surface area is 226 Å². The van der Waals surface area contributed by atoms with Crippen LogP contribution in [-0.2, 0) is 16.2 Å². The van der Waals surface area contributed by atoms with E-state index in [0.29, 0.717) is 21.7 Å². The Kier molecular flexibility index (Phi) is 7.65. The van der Waals surface area contributed by atoms with Crippen molar-refractivity contribution in [3.05, 3.63) is 97.0 Å². The van der Waals surface area contributed by atoms with Crippen molar-refractivity contribution in [1.29, 1.82) is 0 Å². The number of hydrogen-bond donors (Lipinski definition) is 1. The molecule has 4 amide bonds. The molecule has 10 nitrogen and oxygen atoms in total. The Morgan fingerprint density at radius 1 is 1.05 bits per heavy atom. The van der Waals surface area contributed by atoms with Gasteiger partial charge in [-0.25, -0.2) is 9.69 Å². The number of hydrogen-bond acceptors (Lipinski definition) is 7. The number of halogens is 2. The van der Waals surface area contributed by atoms with Gasteiger partial charge in [0, 0.05) is 17.2 Å². The number of barbiturate groups is 1. The number of amides is 4. The summed E-state index contributed by atoms with van der Waals surface area (Å²) < 4.78 is 11.2. The molecule has 0 bridgehead atoms. The normalized spacial score (nSPS) is 14.5. The lowest BCUT2D eigenvalue weighted by molar-refractivity contribution is -0.384. The third-order valence-electron chi connectivity index (χ3n) is 5.65. The number of urea groups is 1. The van der Waals surface area contributed by atoms with Gasteiger partial charge in [0.05, 0.1) is 22.7 Å². The summed E-state index contributed by atoms with van der Waals surface area (Å²) in [5.74, 6) is -1.37. The largest absolute Gasteiger partial charge is 0.493 e. The van der Waals surface area contributed by atoms with E-state index in [1.54, 1.807) is 31.2 Å². The molecule has 1 aliphatic rings. The minimum Gasteiger partial charge on any atom is -0.493 e. The highest BCUT2D eigenvalue weighted by atomic mass is 35.5. The second-order valence-electron chi connectivity index (χ2n) is 8.09. The monoisotopic (exact) mass is 555 g/mol. The maximum atomic E-state index is 13.3. The first-order valence-electron chi connectivity index (χ1n) is 11.0. The maximum Gasteiger partial charge on any atom is 0.335 e. The number of carbonyl (C=O) groups excluding carboxylic acids is 3. The van der Waals surface area contributed by atoms with E-state index in [1.807, 2.05) is 0 Å². The van der Waals surface area contributed by atoms with Crippen molar-refractivity contribution in [3.63, 3.8) is 0 Å². The SMILES string of the molecule is COc1cc(/C=C2\C(=O)NC(=O)N(c3cccc(Cl)c3C)C2=O)cc(Cl)c1OCc1cccc([N+](=O)[O-])c1. The highest BCUT2D eigenvalue weighted by Gasteiger charge is 2.37. The molecule has 0 aliphatic carbocycles. The topological polar surface area (TPSA) is 128 Å². The van der Waals surface area contributed by atoms with Crippen LogP contribution in [0.3, 0.4) is 0 Å². The number of anilines is 1. The smallest absolute Gasteiger partial charge is 0.335 e. The molecule has 194 valence electrons. The van der Waals surface area contributed by atoms with Crippen LogP contribution in [0.2, 0.25) is 10.0 Å². The van der Waals surface area contributed by atoms with Crippen LogP contribution in [0.4, 0.5) is 16.2 Å². The molecule has 1 saturated heterocycles. The van der Waals surface area contributed by atoms with Crippen molar-refractivity contribution in [2.45, 2.75) is 13.5 Å². The van der Waals surface area contributed by atoms with Crippen LogP contribution < -0.4 is 19.7 Å². The van der Waals surface area contributed by atoms with E-state index < -0.39 is 22.8 Å². The number of methoxy groups -OCH3 is 1. The number of non-ortho nitro benzene ring substituents is 1. The molecular weight excluding hydrogens is 537 g/mol. The first-order chi connectivity index (χ1) is 18.1. The van der Waals surface area contributed by atoms with Gasteiger partial charge in [0.2, 0.25) is 0 Å². The maximum absolute atomic E-state index is 13.3. The van der Waals surface area contributed by atoms with Crippen molar-refractivity contribution < 1.29 is 28.8 Å². The summed E-state index contributed by atoms with van der Waals surface area (Å²) in [7, 11) is 1.38. The van der Waals surface area contributed by atoms with Gasteiger partial charge >= 0.3 is 6.03 Å². The molecule has 1 heterocycles. The van der Waals surface area contributed by atoms with Crippen molar-refractivity contribution in [2.24, 2.45) is 0 Å². The number of carbonyl (C=O) groups is 3. The lowest BCUT2D eigenvalue weighted by Crippen LogP contribution is -2.54. The fraction of sp³-hybridized carbons (Fsp3) is 0.115. The second kappa shape index (κ2) is 10.9. The minimum absolute atomic E-state index is 0.0326. The molecule has 3 aromatic rings. The molecule has 0 saturated carbocycles. The molecule has 0 radical (unpaired) electrons. The first kappa shape index (κ1) is 26.6. The van der Waals surface area contributed by atoms with Crippen LogP contribution in [0, 0.1) is 17.0 Å². The quantitative estimate of drug-likeness (QED) is 0.177. The number of nitrogens with one attached hydrogen (secondary N) is 1. The van der Waals surface area contributed by atoms with Gasteiger partial charge in [0.1, 0.15) is 12.2 Å². The third kappa shape index (κ3) is 5.31. The van der Waals surface area contributed by atoms with E-state index >= 15 is 0 Å². The number of benzene rings is 3. The fourth-order valence-electron chi connectivity index (χ4n) is 3.76.